The van der Waals surface area contributed by atoms with Crippen LogP contribution in [0.4, 0.5) is 0 Å². The molecule has 0 bridgehead atoms. The van der Waals surface area contributed by atoms with Crippen LogP contribution in [0.15, 0.2) is 30.3 Å². The molecule has 134 valence electrons. The largest absolute Gasteiger partial charge is 0.493 e. The molecule has 1 saturated carbocycles. The Labute approximate surface area is 149 Å². The van der Waals surface area contributed by atoms with Crippen LogP contribution in [0.25, 0.3) is 10.8 Å². The van der Waals surface area contributed by atoms with Gasteiger partial charge in [-0.3, -0.25) is 9.69 Å². The molecule has 4 nitrogen and oxygen atoms in total. The Hall–Kier alpha value is -1.91. The minimum Gasteiger partial charge on any atom is -0.493 e. The highest BCUT2D eigenvalue weighted by Gasteiger charge is 2.27. The first-order valence-corrected chi connectivity index (χ1v) is 8.99. The molecule has 0 atom stereocenters. The molecular formula is C21H27NO3. The van der Waals surface area contributed by atoms with E-state index in [9.17, 15) is 4.79 Å². The van der Waals surface area contributed by atoms with Crippen LogP contribution in [0.1, 0.15) is 42.1 Å². The Morgan fingerprint density at radius 2 is 1.92 bits per heavy atom. The molecule has 0 unspecified atom stereocenters. The van der Waals surface area contributed by atoms with Gasteiger partial charge in [-0.1, -0.05) is 24.3 Å². The third kappa shape index (κ3) is 4.20. The summed E-state index contributed by atoms with van der Waals surface area (Å²) in [4.78, 5) is 14.7. The van der Waals surface area contributed by atoms with E-state index in [-0.39, 0.29) is 5.78 Å². The van der Waals surface area contributed by atoms with Gasteiger partial charge < -0.3 is 9.47 Å². The van der Waals surface area contributed by atoms with Crippen molar-refractivity contribution in [2.75, 3.05) is 27.4 Å². The number of hydrogen-bond donors (Lipinski definition) is 0. The van der Waals surface area contributed by atoms with Gasteiger partial charge in [0.1, 0.15) is 5.75 Å². The highest BCUT2D eigenvalue weighted by molar-refractivity contribution is 6.10. The van der Waals surface area contributed by atoms with Gasteiger partial charge in [-0.15, -0.1) is 0 Å². The van der Waals surface area contributed by atoms with E-state index in [2.05, 4.69) is 18.0 Å². The number of ether oxygens (including phenoxy) is 2. The van der Waals surface area contributed by atoms with Crippen molar-refractivity contribution in [3.05, 3.63) is 41.5 Å². The van der Waals surface area contributed by atoms with E-state index in [0.29, 0.717) is 19.3 Å². The minimum absolute atomic E-state index is 0.112. The first kappa shape index (κ1) is 17.9. The second kappa shape index (κ2) is 7.98. The van der Waals surface area contributed by atoms with Gasteiger partial charge in [0.25, 0.3) is 0 Å². The van der Waals surface area contributed by atoms with Crippen molar-refractivity contribution >= 4 is 16.6 Å². The number of nitrogens with zero attached hydrogens (tertiary/aromatic N) is 1. The number of ketones is 1. The zero-order valence-corrected chi connectivity index (χ0v) is 15.4. The van der Waals surface area contributed by atoms with Crippen LogP contribution < -0.4 is 4.74 Å². The predicted molar refractivity (Wildman–Crippen MR) is 100 cm³/mol. The van der Waals surface area contributed by atoms with E-state index in [0.717, 1.165) is 40.6 Å². The average molecular weight is 341 g/mol. The van der Waals surface area contributed by atoms with Gasteiger partial charge in [-0.2, -0.15) is 0 Å². The predicted octanol–water partition coefficient (Wildman–Crippen LogP) is 4.05. The van der Waals surface area contributed by atoms with Crippen LogP contribution in [0.3, 0.4) is 0 Å². The first-order chi connectivity index (χ1) is 12.1. The molecule has 25 heavy (non-hydrogen) atoms. The monoisotopic (exact) mass is 341 g/mol. The third-order valence-electron chi connectivity index (χ3n) is 4.78. The smallest absolute Gasteiger partial charge is 0.160 e. The van der Waals surface area contributed by atoms with Crippen molar-refractivity contribution in [3.8, 4) is 5.75 Å². The van der Waals surface area contributed by atoms with E-state index in [1.807, 2.05) is 24.3 Å². The van der Waals surface area contributed by atoms with Crippen LogP contribution in [0.2, 0.25) is 0 Å². The molecule has 1 aliphatic rings. The van der Waals surface area contributed by atoms with Gasteiger partial charge in [0.2, 0.25) is 0 Å². The molecular weight excluding hydrogens is 314 g/mol. The SMILES string of the molecule is COCCCOc1cc(CN(C)C2CC2)c(C(C)=O)c2ccccc12. The molecule has 0 amide bonds. The molecule has 1 aliphatic carbocycles. The normalized spacial score (nSPS) is 14.2. The Balaban J connectivity index is 1.99. The third-order valence-corrected chi connectivity index (χ3v) is 4.78. The summed E-state index contributed by atoms with van der Waals surface area (Å²) in [5.41, 5.74) is 1.88. The number of hydrogen-bond acceptors (Lipinski definition) is 4. The maximum Gasteiger partial charge on any atom is 0.160 e. The van der Waals surface area contributed by atoms with Crippen molar-refractivity contribution in [2.24, 2.45) is 0 Å². The fourth-order valence-electron chi connectivity index (χ4n) is 3.36. The van der Waals surface area contributed by atoms with E-state index in [1.54, 1.807) is 14.0 Å². The van der Waals surface area contributed by atoms with Gasteiger partial charge in [-0.25, -0.2) is 0 Å². The summed E-state index contributed by atoms with van der Waals surface area (Å²) in [5, 5.41) is 1.99. The molecule has 0 heterocycles. The zero-order chi connectivity index (χ0) is 17.8. The van der Waals surface area contributed by atoms with E-state index in [4.69, 9.17) is 9.47 Å². The van der Waals surface area contributed by atoms with E-state index < -0.39 is 0 Å². The molecule has 0 aliphatic heterocycles. The van der Waals surface area contributed by atoms with Crippen LogP contribution in [0, 0.1) is 0 Å². The fraction of sp³-hybridized carbons (Fsp3) is 0.476. The molecule has 0 saturated heterocycles. The lowest BCUT2D eigenvalue weighted by Crippen LogP contribution is -2.21. The molecule has 1 fully saturated rings. The number of carbonyl (C=O) groups is 1. The van der Waals surface area contributed by atoms with Crippen LogP contribution in [-0.2, 0) is 11.3 Å². The Bertz CT molecular complexity index is 752. The molecule has 0 N–H and O–H groups in total. The second-order valence-electron chi connectivity index (χ2n) is 6.85. The molecule has 0 radical (unpaired) electrons. The molecule has 3 rings (SSSR count). The van der Waals surface area contributed by atoms with E-state index in [1.165, 1.54) is 12.8 Å². The number of carbonyl (C=O) groups excluding carboxylic acids is 1. The summed E-state index contributed by atoms with van der Waals surface area (Å²) in [5.74, 6) is 0.970. The highest BCUT2D eigenvalue weighted by Crippen LogP contribution is 2.34. The summed E-state index contributed by atoms with van der Waals surface area (Å²) >= 11 is 0. The topological polar surface area (TPSA) is 38.8 Å². The van der Waals surface area contributed by atoms with Gasteiger partial charge in [0.05, 0.1) is 6.61 Å². The molecule has 2 aromatic rings. The molecule has 0 spiro atoms. The maximum absolute atomic E-state index is 12.4. The molecule has 4 heteroatoms. The average Bonchev–Trinajstić information content (AvgIpc) is 3.43. The van der Waals surface area contributed by atoms with Crippen molar-refractivity contribution in [1.29, 1.82) is 0 Å². The minimum atomic E-state index is 0.112. The van der Waals surface area contributed by atoms with E-state index >= 15 is 0 Å². The number of methoxy groups -OCH3 is 1. The Morgan fingerprint density at radius 1 is 1.20 bits per heavy atom. The fourth-order valence-corrected chi connectivity index (χ4v) is 3.36. The summed E-state index contributed by atoms with van der Waals surface area (Å²) in [7, 11) is 3.83. The van der Waals surface area contributed by atoms with Gasteiger partial charge in [-0.05, 0) is 43.8 Å². The Morgan fingerprint density at radius 3 is 2.56 bits per heavy atom. The van der Waals surface area contributed by atoms with Crippen molar-refractivity contribution in [3.63, 3.8) is 0 Å². The van der Waals surface area contributed by atoms with Crippen LogP contribution in [-0.4, -0.2) is 44.1 Å². The first-order valence-electron chi connectivity index (χ1n) is 8.99. The number of Topliss-reactive ketones (excluding diaryl/α,β-unsaturated/α-hetero) is 1. The number of benzene rings is 2. The van der Waals surface area contributed by atoms with Crippen molar-refractivity contribution in [1.82, 2.24) is 4.90 Å². The van der Waals surface area contributed by atoms with Gasteiger partial charge >= 0.3 is 0 Å². The summed E-state index contributed by atoms with van der Waals surface area (Å²) in [6.07, 6.45) is 3.34. The summed E-state index contributed by atoms with van der Waals surface area (Å²) in [6, 6.07) is 10.7. The quantitative estimate of drug-likeness (QED) is 0.509. The van der Waals surface area contributed by atoms with Crippen molar-refractivity contribution in [2.45, 2.75) is 38.8 Å². The highest BCUT2D eigenvalue weighted by atomic mass is 16.5. The lowest BCUT2D eigenvalue weighted by atomic mass is 9.95. The standard InChI is InChI=1S/C21H27NO3/c1-15(23)21-16(14-22(2)17-9-10-17)13-20(25-12-6-11-24-3)18-7-4-5-8-19(18)21/h4-5,7-8,13,17H,6,9-12,14H2,1-3H3. The van der Waals surface area contributed by atoms with Gasteiger partial charge in [0, 0.05) is 43.7 Å². The van der Waals surface area contributed by atoms with Crippen molar-refractivity contribution < 1.29 is 14.3 Å². The molecule has 2 aromatic carbocycles. The lowest BCUT2D eigenvalue weighted by Gasteiger charge is -2.20. The number of fused-ring (bicyclic) bond motifs is 1. The number of rotatable bonds is 9. The lowest BCUT2D eigenvalue weighted by molar-refractivity contribution is 0.101. The van der Waals surface area contributed by atoms with Gasteiger partial charge in [0.15, 0.2) is 5.78 Å². The molecule has 0 aromatic heterocycles. The second-order valence-corrected chi connectivity index (χ2v) is 6.85. The van der Waals surface area contributed by atoms with Crippen LogP contribution >= 0.6 is 0 Å². The summed E-state index contributed by atoms with van der Waals surface area (Å²) in [6.45, 7) is 3.72. The summed E-state index contributed by atoms with van der Waals surface area (Å²) < 4.78 is 11.1. The Kier molecular flexibility index (Phi) is 5.71. The van der Waals surface area contributed by atoms with Crippen LogP contribution in [0.5, 0.6) is 5.75 Å². The zero-order valence-electron chi connectivity index (χ0n) is 15.4. The maximum atomic E-state index is 12.4.